The van der Waals surface area contributed by atoms with Crippen LogP contribution in [0.15, 0.2) is 24.4 Å². The van der Waals surface area contributed by atoms with Crippen LogP contribution < -0.4 is 10.6 Å². The van der Waals surface area contributed by atoms with Crippen LogP contribution >= 0.6 is 0 Å². The second-order valence-corrected chi connectivity index (χ2v) is 6.19. The first-order valence-corrected chi connectivity index (χ1v) is 8.35. The van der Waals surface area contributed by atoms with Crippen LogP contribution in [-0.4, -0.2) is 28.8 Å². The van der Waals surface area contributed by atoms with Gasteiger partial charge < -0.3 is 10.6 Å². The summed E-state index contributed by atoms with van der Waals surface area (Å²) in [5.41, 5.74) is 6.93. The number of carbonyl (C=O) groups excluding carboxylic acids is 1. The Balaban J connectivity index is 1.70. The van der Waals surface area contributed by atoms with Crippen molar-refractivity contribution in [2.45, 2.75) is 26.2 Å². The average molecular weight is 346 g/mol. The van der Waals surface area contributed by atoms with Gasteiger partial charge in [0, 0.05) is 36.3 Å². The van der Waals surface area contributed by atoms with Crippen LogP contribution in [0.4, 0.5) is 20.5 Å². The number of nitrogen functional groups attached to an aromatic ring is 1. The summed E-state index contributed by atoms with van der Waals surface area (Å²) in [6.07, 6.45) is 3.79. The highest BCUT2D eigenvalue weighted by Gasteiger charge is 2.27. The number of nitrogens with two attached hydrogens (primary N) is 1. The number of anilines is 2. The van der Waals surface area contributed by atoms with Crippen LogP contribution in [-0.2, 0) is 6.42 Å². The fraction of sp³-hybridized carbons (Fsp3) is 0.389. The van der Waals surface area contributed by atoms with E-state index in [1.54, 1.807) is 6.20 Å². The van der Waals surface area contributed by atoms with E-state index in [0.29, 0.717) is 25.9 Å². The number of hydrogen-bond acceptors (Lipinski definition) is 5. The molecular weight excluding hydrogens is 326 g/mol. The average Bonchev–Trinajstić information content (AvgIpc) is 2.63. The van der Waals surface area contributed by atoms with Gasteiger partial charge in [0.05, 0.1) is 0 Å². The molecule has 0 unspecified atom stereocenters. The van der Waals surface area contributed by atoms with Crippen LogP contribution in [0.3, 0.4) is 0 Å². The number of Topliss-reactive ketones (excluding diaryl/α,β-unsaturated/α-hetero) is 1. The Hall–Kier alpha value is -2.57. The minimum absolute atomic E-state index is 0.142. The maximum absolute atomic E-state index is 13.3. The van der Waals surface area contributed by atoms with Gasteiger partial charge in [-0.3, -0.25) is 4.79 Å². The van der Waals surface area contributed by atoms with Gasteiger partial charge in [-0.25, -0.2) is 13.8 Å². The van der Waals surface area contributed by atoms with Crippen molar-refractivity contribution < 1.29 is 13.6 Å². The molecule has 0 atom stereocenters. The SMILES string of the molecule is CCc1cnc(N)nc1N1CCC(C(=O)c2ccc(F)c(F)c2)CC1. The van der Waals surface area contributed by atoms with E-state index in [1.165, 1.54) is 6.07 Å². The van der Waals surface area contributed by atoms with Gasteiger partial charge in [0.25, 0.3) is 0 Å². The monoisotopic (exact) mass is 346 g/mol. The zero-order valence-corrected chi connectivity index (χ0v) is 14.0. The van der Waals surface area contributed by atoms with E-state index < -0.39 is 11.6 Å². The Bertz CT molecular complexity index is 789. The first-order valence-electron chi connectivity index (χ1n) is 8.35. The molecule has 7 heteroatoms. The van der Waals surface area contributed by atoms with Crippen LogP contribution in [0.5, 0.6) is 0 Å². The van der Waals surface area contributed by atoms with Gasteiger partial charge in [-0.1, -0.05) is 6.92 Å². The molecule has 2 heterocycles. The molecule has 0 spiro atoms. The predicted molar refractivity (Wildman–Crippen MR) is 91.4 cm³/mol. The Labute approximate surface area is 144 Å². The summed E-state index contributed by atoms with van der Waals surface area (Å²) < 4.78 is 26.4. The second-order valence-electron chi connectivity index (χ2n) is 6.19. The number of halogens is 2. The van der Waals surface area contributed by atoms with E-state index in [9.17, 15) is 13.6 Å². The molecule has 0 bridgehead atoms. The third-order valence-electron chi connectivity index (χ3n) is 4.61. The Morgan fingerprint density at radius 2 is 2.00 bits per heavy atom. The van der Waals surface area contributed by atoms with Crippen molar-refractivity contribution in [3.8, 4) is 0 Å². The third kappa shape index (κ3) is 3.60. The van der Waals surface area contributed by atoms with E-state index >= 15 is 0 Å². The maximum Gasteiger partial charge on any atom is 0.221 e. The summed E-state index contributed by atoms with van der Waals surface area (Å²) in [4.78, 5) is 23.0. The summed E-state index contributed by atoms with van der Waals surface area (Å²) in [5.74, 6) is -1.24. The van der Waals surface area contributed by atoms with Crippen LogP contribution in [0.2, 0.25) is 0 Å². The molecule has 132 valence electrons. The van der Waals surface area contributed by atoms with Crippen molar-refractivity contribution >= 4 is 17.5 Å². The Kier molecular flexibility index (Phi) is 4.92. The summed E-state index contributed by atoms with van der Waals surface area (Å²) in [5, 5.41) is 0. The van der Waals surface area contributed by atoms with E-state index in [1.807, 2.05) is 6.92 Å². The highest BCUT2D eigenvalue weighted by atomic mass is 19.2. The molecule has 1 aromatic carbocycles. The fourth-order valence-corrected chi connectivity index (χ4v) is 3.17. The topological polar surface area (TPSA) is 72.1 Å². The number of hydrogen-bond donors (Lipinski definition) is 1. The number of nitrogens with zero attached hydrogens (tertiary/aromatic N) is 3. The zero-order valence-electron chi connectivity index (χ0n) is 14.0. The molecule has 1 saturated heterocycles. The number of aryl methyl sites for hydroxylation is 1. The molecule has 2 N–H and O–H groups in total. The van der Waals surface area contributed by atoms with Crippen molar-refractivity contribution in [3.05, 3.63) is 47.2 Å². The number of carbonyl (C=O) groups is 1. The van der Waals surface area contributed by atoms with Crippen molar-refractivity contribution in [2.24, 2.45) is 5.92 Å². The molecule has 0 amide bonds. The first-order chi connectivity index (χ1) is 12.0. The number of ketones is 1. The Morgan fingerprint density at radius 3 is 2.64 bits per heavy atom. The van der Waals surface area contributed by atoms with Gasteiger partial charge in [0.1, 0.15) is 5.82 Å². The molecular formula is C18H20F2N4O. The quantitative estimate of drug-likeness (QED) is 0.862. The van der Waals surface area contributed by atoms with Crippen LogP contribution in [0.1, 0.15) is 35.7 Å². The van der Waals surface area contributed by atoms with Crippen molar-refractivity contribution in [2.75, 3.05) is 23.7 Å². The number of rotatable bonds is 4. The largest absolute Gasteiger partial charge is 0.368 e. The van der Waals surface area contributed by atoms with Gasteiger partial charge in [-0.2, -0.15) is 4.98 Å². The number of benzene rings is 1. The molecule has 1 aromatic heterocycles. The summed E-state index contributed by atoms with van der Waals surface area (Å²) in [7, 11) is 0. The first kappa shape index (κ1) is 17.3. The summed E-state index contributed by atoms with van der Waals surface area (Å²) in [6.45, 7) is 3.34. The van der Waals surface area contributed by atoms with Gasteiger partial charge in [-0.15, -0.1) is 0 Å². The third-order valence-corrected chi connectivity index (χ3v) is 4.61. The Morgan fingerprint density at radius 1 is 1.28 bits per heavy atom. The van der Waals surface area contributed by atoms with Crippen molar-refractivity contribution in [3.63, 3.8) is 0 Å². The molecule has 1 aliphatic heterocycles. The summed E-state index contributed by atoms with van der Waals surface area (Å²) >= 11 is 0. The molecule has 1 aliphatic rings. The second kappa shape index (κ2) is 7.13. The lowest BCUT2D eigenvalue weighted by Gasteiger charge is -2.33. The standard InChI is InChI=1S/C18H20F2N4O/c1-2-11-10-22-18(21)23-17(11)24-7-5-12(6-8-24)16(25)13-3-4-14(19)15(20)9-13/h3-4,9-10,12H,2,5-8H2,1H3,(H2,21,22,23). The van der Waals surface area contributed by atoms with Crippen molar-refractivity contribution in [1.29, 1.82) is 0 Å². The number of aromatic nitrogens is 2. The molecule has 0 saturated carbocycles. The lowest BCUT2D eigenvalue weighted by Crippen LogP contribution is -2.37. The minimum Gasteiger partial charge on any atom is -0.368 e. The van der Waals surface area contributed by atoms with Crippen LogP contribution in [0.25, 0.3) is 0 Å². The molecule has 2 aromatic rings. The van der Waals surface area contributed by atoms with Crippen molar-refractivity contribution in [1.82, 2.24) is 9.97 Å². The maximum atomic E-state index is 13.3. The number of piperidine rings is 1. The van der Waals surface area contributed by atoms with E-state index in [2.05, 4.69) is 14.9 Å². The predicted octanol–water partition coefficient (Wildman–Crippen LogP) is 3.00. The highest BCUT2D eigenvalue weighted by Crippen LogP contribution is 2.27. The van der Waals surface area contributed by atoms with Crippen LogP contribution in [0, 0.1) is 17.6 Å². The van der Waals surface area contributed by atoms with Gasteiger partial charge in [-0.05, 0) is 37.5 Å². The van der Waals surface area contributed by atoms with Gasteiger partial charge in [0.2, 0.25) is 5.95 Å². The lowest BCUT2D eigenvalue weighted by atomic mass is 9.88. The lowest BCUT2D eigenvalue weighted by molar-refractivity contribution is 0.0900. The fourth-order valence-electron chi connectivity index (χ4n) is 3.17. The molecule has 0 aliphatic carbocycles. The molecule has 3 rings (SSSR count). The zero-order chi connectivity index (χ0) is 18.0. The molecule has 5 nitrogen and oxygen atoms in total. The minimum atomic E-state index is -0.993. The van der Waals surface area contributed by atoms with Gasteiger partial charge in [0.15, 0.2) is 17.4 Å². The molecule has 0 radical (unpaired) electrons. The molecule has 1 fully saturated rings. The van der Waals surface area contributed by atoms with E-state index in [0.717, 1.165) is 29.9 Å². The molecule has 25 heavy (non-hydrogen) atoms. The van der Waals surface area contributed by atoms with E-state index in [-0.39, 0.29) is 23.2 Å². The highest BCUT2D eigenvalue weighted by molar-refractivity contribution is 5.98. The van der Waals surface area contributed by atoms with Gasteiger partial charge >= 0.3 is 0 Å². The normalized spacial score (nSPS) is 15.4. The smallest absolute Gasteiger partial charge is 0.221 e. The van der Waals surface area contributed by atoms with E-state index in [4.69, 9.17) is 5.73 Å². The summed E-state index contributed by atoms with van der Waals surface area (Å²) in [6, 6.07) is 3.31.